The summed E-state index contributed by atoms with van der Waals surface area (Å²) in [4.78, 5) is 40.8. The maximum Gasteiger partial charge on any atom is 0.277 e. The Balaban J connectivity index is 1.33. The molecular weight excluding hydrogens is 643 g/mol. The average Bonchev–Trinajstić information content (AvgIpc) is 3.33. The van der Waals surface area contributed by atoms with E-state index in [9.17, 15) is 9.59 Å². The Kier molecular flexibility index (Phi) is 11.5. The molecule has 0 aliphatic heterocycles. The van der Waals surface area contributed by atoms with Crippen molar-refractivity contribution in [2.45, 2.75) is 26.6 Å². The zero-order valence-corrected chi connectivity index (χ0v) is 26.7. The summed E-state index contributed by atoms with van der Waals surface area (Å²) in [6, 6.07) is 5.75. The molecule has 0 fully saturated rings. The van der Waals surface area contributed by atoms with Gasteiger partial charge in [-0.1, -0.05) is 23.2 Å². The number of aryl methyl sites for hydroxylation is 1. The van der Waals surface area contributed by atoms with Crippen LogP contribution in [0, 0.1) is 0 Å². The zero-order chi connectivity index (χ0) is 33.4. The molecule has 3 heterocycles. The van der Waals surface area contributed by atoms with Gasteiger partial charge in [-0.25, -0.2) is 29.1 Å². The molecule has 0 bridgehead atoms. The molecule has 0 radical (unpaired) electrons. The Morgan fingerprint density at radius 2 is 1.43 bits per heavy atom. The summed E-state index contributed by atoms with van der Waals surface area (Å²) < 4.78 is 21.0. The van der Waals surface area contributed by atoms with Gasteiger partial charge in [0, 0.05) is 12.6 Å². The first kappa shape index (κ1) is 34.2. The van der Waals surface area contributed by atoms with Gasteiger partial charge in [-0.2, -0.15) is 0 Å². The molecule has 0 saturated carbocycles. The molecule has 0 aliphatic rings. The maximum atomic E-state index is 13.0. The Hall–Kier alpha value is -4.71. The summed E-state index contributed by atoms with van der Waals surface area (Å²) in [5, 5.41) is 5.26. The second-order valence-electron chi connectivity index (χ2n) is 9.60. The van der Waals surface area contributed by atoms with E-state index in [0.29, 0.717) is 32.1 Å². The molecule has 0 saturated heterocycles. The van der Waals surface area contributed by atoms with E-state index >= 15 is 0 Å². The number of methoxy groups -OCH3 is 1. The number of halogens is 2. The molecule has 0 atom stereocenters. The number of hydrogen-bond donors (Lipinski definition) is 6. The normalized spacial score (nSPS) is 11.1. The number of nitrogen functional groups attached to an aromatic ring is 4. The molecule has 4 rings (SSSR count). The van der Waals surface area contributed by atoms with Crippen LogP contribution in [0.25, 0.3) is 11.0 Å². The summed E-state index contributed by atoms with van der Waals surface area (Å²) in [6.07, 6.45) is 0. The molecule has 0 unspecified atom stereocenters. The van der Waals surface area contributed by atoms with Gasteiger partial charge in [0.05, 0.1) is 40.1 Å². The van der Waals surface area contributed by atoms with Crippen LogP contribution in [-0.4, -0.2) is 76.4 Å². The molecule has 3 aromatic heterocycles. The van der Waals surface area contributed by atoms with Crippen molar-refractivity contribution in [3.8, 4) is 5.75 Å². The number of ether oxygens (including phenoxy) is 3. The Morgan fingerprint density at radius 1 is 0.848 bits per heavy atom. The zero-order valence-electron chi connectivity index (χ0n) is 25.2. The molecule has 19 heteroatoms. The highest BCUT2D eigenvalue weighted by Crippen LogP contribution is 2.22. The lowest BCUT2D eigenvalue weighted by molar-refractivity contribution is -0.676. The van der Waals surface area contributed by atoms with Crippen molar-refractivity contribution in [1.29, 1.82) is 0 Å². The first-order chi connectivity index (χ1) is 22.0. The number of nitrogens with zero attached hydrogens (tertiary/aromatic N) is 6. The van der Waals surface area contributed by atoms with Gasteiger partial charge in [-0.05, 0) is 19.1 Å². The lowest BCUT2D eigenvalue weighted by Crippen LogP contribution is -2.40. The van der Waals surface area contributed by atoms with E-state index in [4.69, 9.17) is 60.3 Å². The molecule has 246 valence electrons. The summed E-state index contributed by atoms with van der Waals surface area (Å²) >= 11 is 11.8. The standard InChI is InChI=1S/C27H34Cl2N12O5/c1-3-40-15-5-4-14(44-2)12-16(15)41(17(40)13-35-27(43)19-23(31)39-25(33)21(29)37-19)7-9-46-11-10-45-8-6-34-26(42)18-22(30)38-24(32)20(28)36-18/h4-5,12H,3,6-11,13H2,1-2H3,(H9-,30,31,32,33,34,35,38,39,42,43)/p+1. The number of nitrogens with two attached hydrogens (primary N) is 4. The van der Waals surface area contributed by atoms with Crippen LogP contribution in [0.5, 0.6) is 5.75 Å². The van der Waals surface area contributed by atoms with Crippen molar-refractivity contribution in [3.05, 3.63) is 45.7 Å². The van der Waals surface area contributed by atoms with E-state index in [1.54, 1.807) is 7.11 Å². The summed E-state index contributed by atoms with van der Waals surface area (Å²) in [5.74, 6) is 0.00884. The van der Waals surface area contributed by atoms with Gasteiger partial charge in [0.15, 0.2) is 56.0 Å². The summed E-state index contributed by atoms with van der Waals surface area (Å²) in [7, 11) is 1.60. The number of rotatable bonds is 15. The average molecular weight is 679 g/mol. The molecule has 0 aliphatic carbocycles. The van der Waals surface area contributed by atoms with Crippen LogP contribution in [-0.2, 0) is 29.1 Å². The SMILES string of the molecule is CC[n+]1c(CNC(=O)c2nc(Cl)c(N)nc2N)n(CCOCCOCCNC(=O)c2nc(Cl)c(N)nc2N)c2cc(OC)ccc21. The van der Waals surface area contributed by atoms with Crippen LogP contribution in [0.15, 0.2) is 18.2 Å². The molecule has 10 N–H and O–H groups in total. The fourth-order valence-corrected chi connectivity index (χ4v) is 4.80. The molecule has 2 amide bonds. The first-order valence-corrected chi connectivity index (χ1v) is 14.8. The minimum atomic E-state index is -0.554. The number of aromatic nitrogens is 6. The van der Waals surface area contributed by atoms with Crippen molar-refractivity contribution in [1.82, 2.24) is 35.1 Å². The van der Waals surface area contributed by atoms with Crippen LogP contribution in [0.1, 0.15) is 33.7 Å². The van der Waals surface area contributed by atoms with Gasteiger partial charge < -0.3 is 47.8 Å². The molecule has 46 heavy (non-hydrogen) atoms. The number of hydrogen-bond acceptors (Lipinski definition) is 13. The highest BCUT2D eigenvalue weighted by atomic mass is 35.5. The highest BCUT2D eigenvalue weighted by Gasteiger charge is 2.26. The number of benzene rings is 1. The monoisotopic (exact) mass is 677 g/mol. The third kappa shape index (κ3) is 7.92. The number of fused-ring (bicyclic) bond motifs is 1. The number of nitrogens with one attached hydrogen (secondary N) is 2. The molecule has 0 spiro atoms. The number of carbonyl (C=O) groups is 2. The second-order valence-corrected chi connectivity index (χ2v) is 10.3. The van der Waals surface area contributed by atoms with Crippen molar-refractivity contribution in [2.75, 3.05) is 63.0 Å². The minimum Gasteiger partial charge on any atom is -0.497 e. The predicted octanol–water partition coefficient (Wildman–Crippen LogP) is 0.566. The largest absolute Gasteiger partial charge is 0.497 e. The number of anilines is 4. The van der Waals surface area contributed by atoms with Crippen LogP contribution in [0.4, 0.5) is 23.3 Å². The Morgan fingerprint density at radius 3 is 2.02 bits per heavy atom. The van der Waals surface area contributed by atoms with Crippen LogP contribution < -0.4 is 42.9 Å². The van der Waals surface area contributed by atoms with Crippen LogP contribution in [0.2, 0.25) is 10.3 Å². The van der Waals surface area contributed by atoms with Gasteiger partial charge in [0.1, 0.15) is 18.8 Å². The highest BCUT2D eigenvalue weighted by molar-refractivity contribution is 6.32. The van der Waals surface area contributed by atoms with Crippen molar-refractivity contribution in [2.24, 2.45) is 0 Å². The van der Waals surface area contributed by atoms with Crippen LogP contribution in [0.3, 0.4) is 0 Å². The van der Waals surface area contributed by atoms with Gasteiger partial charge in [0.2, 0.25) is 0 Å². The van der Waals surface area contributed by atoms with Crippen molar-refractivity contribution in [3.63, 3.8) is 0 Å². The van der Waals surface area contributed by atoms with Gasteiger partial charge in [-0.15, -0.1) is 0 Å². The van der Waals surface area contributed by atoms with E-state index in [1.165, 1.54) is 0 Å². The smallest absolute Gasteiger partial charge is 0.277 e. The van der Waals surface area contributed by atoms with E-state index in [0.717, 1.165) is 16.9 Å². The molecule has 1 aromatic carbocycles. The van der Waals surface area contributed by atoms with Crippen molar-refractivity contribution < 1.29 is 28.4 Å². The van der Waals surface area contributed by atoms with E-state index in [1.807, 2.05) is 29.7 Å². The third-order valence-electron chi connectivity index (χ3n) is 6.71. The predicted molar refractivity (Wildman–Crippen MR) is 171 cm³/mol. The lowest BCUT2D eigenvalue weighted by Gasteiger charge is -2.10. The number of amides is 2. The fraction of sp³-hybridized carbons (Fsp3) is 0.370. The van der Waals surface area contributed by atoms with Crippen molar-refractivity contribution >= 4 is 69.3 Å². The topological polar surface area (TPSA) is 250 Å². The Bertz CT molecular complexity index is 1740. The second kappa shape index (κ2) is 15.5. The van der Waals surface area contributed by atoms with E-state index in [-0.39, 0.29) is 71.3 Å². The van der Waals surface area contributed by atoms with Gasteiger partial charge >= 0.3 is 0 Å². The Labute approximate surface area is 273 Å². The first-order valence-electron chi connectivity index (χ1n) is 14.0. The number of imidazole rings is 1. The third-order valence-corrected chi connectivity index (χ3v) is 7.27. The van der Waals surface area contributed by atoms with E-state index in [2.05, 4.69) is 35.1 Å². The lowest BCUT2D eigenvalue weighted by atomic mass is 10.3. The van der Waals surface area contributed by atoms with E-state index < -0.39 is 11.8 Å². The summed E-state index contributed by atoms with van der Waals surface area (Å²) in [6.45, 7) is 4.59. The maximum absolute atomic E-state index is 13.0. The summed E-state index contributed by atoms with van der Waals surface area (Å²) in [5.41, 5.74) is 24.3. The van der Waals surface area contributed by atoms with Gasteiger partial charge in [-0.3, -0.25) is 9.59 Å². The van der Waals surface area contributed by atoms with Gasteiger partial charge in [0.25, 0.3) is 17.6 Å². The molecule has 17 nitrogen and oxygen atoms in total. The minimum absolute atomic E-state index is 0.0580. The fourth-order valence-electron chi connectivity index (χ4n) is 4.55. The number of carbonyl (C=O) groups excluding carboxylic acids is 2. The molecular formula is C27H35Cl2N12O5+. The quantitative estimate of drug-likeness (QED) is 0.0744. The molecule has 4 aromatic rings. The van der Waals surface area contributed by atoms with Crippen LogP contribution >= 0.6 is 23.2 Å².